The van der Waals surface area contributed by atoms with Gasteiger partial charge in [-0.05, 0) is 54.8 Å². The van der Waals surface area contributed by atoms with E-state index in [1.807, 2.05) is 36.4 Å². The SMILES string of the molecule is CCCCCc1ccc(S(=O)(=O)NCCc2[nH]c(NC(C)=O)nc2-c2ccc(OC)cc2)cc1. The van der Waals surface area contributed by atoms with Crippen LogP contribution in [0.1, 0.15) is 44.4 Å². The van der Waals surface area contributed by atoms with Gasteiger partial charge < -0.3 is 9.72 Å². The zero-order chi connectivity index (χ0) is 24.6. The second-order valence-electron chi connectivity index (χ2n) is 8.07. The van der Waals surface area contributed by atoms with E-state index in [2.05, 4.69) is 26.9 Å². The highest BCUT2D eigenvalue weighted by atomic mass is 32.2. The van der Waals surface area contributed by atoms with Crippen LogP contribution in [0.2, 0.25) is 0 Å². The molecular weight excluding hydrogens is 452 g/mol. The molecule has 182 valence electrons. The fourth-order valence-electron chi connectivity index (χ4n) is 3.61. The van der Waals surface area contributed by atoms with E-state index in [4.69, 9.17) is 4.74 Å². The zero-order valence-corrected chi connectivity index (χ0v) is 20.7. The number of aromatic nitrogens is 2. The molecule has 0 saturated carbocycles. The summed E-state index contributed by atoms with van der Waals surface area (Å²) in [7, 11) is -2.05. The molecule has 0 spiro atoms. The number of rotatable bonds is 12. The van der Waals surface area contributed by atoms with Gasteiger partial charge in [0.15, 0.2) is 0 Å². The number of H-pyrrole nitrogens is 1. The van der Waals surface area contributed by atoms with E-state index in [1.165, 1.54) is 6.92 Å². The van der Waals surface area contributed by atoms with Crippen LogP contribution in [0.25, 0.3) is 11.3 Å². The van der Waals surface area contributed by atoms with Crippen LogP contribution in [0.4, 0.5) is 5.95 Å². The quantitative estimate of drug-likeness (QED) is 0.332. The Hall–Kier alpha value is -3.17. The molecule has 8 nitrogen and oxygen atoms in total. The largest absolute Gasteiger partial charge is 0.497 e. The summed E-state index contributed by atoms with van der Waals surface area (Å²) in [5.74, 6) is 0.780. The number of carbonyl (C=O) groups excluding carboxylic acids is 1. The van der Waals surface area contributed by atoms with Crippen LogP contribution in [0, 0.1) is 0 Å². The number of nitrogens with one attached hydrogen (secondary N) is 3. The predicted molar refractivity (Wildman–Crippen MR) is 133 cm³/mol. The number of carbonyl (C=O) groups is 1. The van der Waals surface area contributed by atoms with E-state index >= 15 is 0 Å². The smallest absolute Gasteiger partial charge is 0.240 e. The Morgan fingerprint density at radius 3 is 2.35 bits per heavy atom. The molecule has 3 aromatic rings. The van der Waals surface area contributed by atoms with Crippen molar-refractivity contribution in [1.82, 2.24) is 14.7 Å². The van der Waals surface area contributed by atoms with Crippen LogP contribution in [-0.4, -0.2) is 37.9 Å². The Bertz CT molecular complexity index is 1190. The van der Waals surface area contributed by atoms with Crippen LogP contribution in [-0.2, 0) is 27.7 Å². The Labute approximate surface area is 201 Å². The molecule has 3 rings (SSSR count). The predicted octanol–water partition coefficient (Wildman–Crippen LogP) is 4.30. The Morgan fingerprint density at radius 2 is 1.74 bits per heavy atom. The fourth-order valence-corrected chi connectivity index (χ4v) is 4.64. The minimum atomic E-state index is -3.64. The van der Waals surface area contributed by atoms with E-state index in [9.17, 15) is 13.2 Å². The van der Waals surface area contributed by atoms with Gasteiger partial charge in [0, 0.05) is 31.1 Å². The molecule has 0 saturated heterocycles. The lowest BCUT2D eigenvalue weighted by Crippen LogP contribution is -2.26. The lowest BCUT2D eigenvalue weighted by molar-refractivity contribution is -0.114. The first-order chi connectivity index (χ1) is 16.3. The summed E-state index contributed by atoms with van der Waals surface area (Å²) in [5.41, 5.74) is 3.31. The molecule has 2 aromatic carbocycles. The molecule has 0 fully saturated rings. The highest BCUT2D eigenvalue weighted by Crippen LogP contribution is 2.26. The number of anilines is 1. The van der Waals surface area contributed by atoms with Crippen molar-refractivity contribution in [2.24, 2.45) is 0 Å². The van der Waals surface area contributed by atoms with E-state index < -0.39 is 10.0 Å². The zero-order valence-electron chi connectivity index (χ0n) is 19.8. The van der Waals surface area contributed by atoms with Crippen LogP contribution in [0.3, 0.4) is 0 Å². The number of nitrogens with zero attached hydrogens (tertiary/aromatic N) is 1. The van der Waals surface area contributed by atoms with Gasteiger partial charge in [0.05, 0.1) is 17.7 Å². The second kappa shape index (κ2) is 11.8. The summed E-state index contributed by atoms with van der Waals surface area (Å²) in [5, 5.41) is 2.64. The van der Waals surface area contributed by atoms with Gasteiger partial charge in [0.25, 0.3) is 0 Å². The first kappa shape index (κ1) is 25.5. The van der Waals surface area contributed by atoms with Crippen LogP contribution in [0.15, 0.2) is 53.4 Å². The highest BCUT2D eigenvalue weighted by Gasteiger charge is 2.17. The van der Waals surface area contributed by atoms with Crippen molar-refractivity contribution in [3.05, 3.63) is 59.8 Å². The van der Waals surface area contributed by atoms with Gasteiger partial charge in [-0.15, -0.1) is 0 Å². The number of methoxy groups -OCH3 is 1. The van der Waals surface area contributed by atoms with Crippen LogP contribution in [0.5, 0.6) is 5.75 Å². The van der Waals surface area contributed by atoms with Gasteiger partial charge in [-0.2, -0.15) is 0 Å². The standard InChI is InChI=1S/C25H32N4O4S/c1-4-5-6-7-19-8-14-22(15-9-19)34(31,32)26-17-16-23-24(29-25(28-23)27-18(2)30)20-10-12-21(33-3)13-11-20/h8-15,26H,4-7,16-17H2,1-3H3,(H2,27,28,29,30). The average Bonchev–Trinajstić information content (AvgIpc) is 3.21. The average molecular weight is 485 g/mol. The number of sulfonamides is 1. The van der Waals surface area contributed by atoms with Gasteiger partial charge in [0.2, 0.25) is 21.9 Å². The van der Waals surface area contributed by atoms with Crippen molar-refractivity contribution in [1.29, 1.82) is 0 Å². The van der Waals surface area contributed by atoms with Crippen molar-refractivity contribution < 1.29 is 17.9 Å². The summed E-state index contributed by atoms with van der Waals surface area (Å²) < 4.78 is 33.4. The summed E-state index contributed by atoms with van der Waals surface area (Å²) in [6.45, 7) is 3.73. The van der Waals surface area contributed by atoms with Crippen molar-refractivity contribution in [2.75, 3.05) is 19.0 Å². The maximum Gasteiger partial charge on any atom is 0.240 e. The molecule has 9 heteroatoms. The number of hydrogen-bond acceptors (Lipinski definition) is 5. The number of aromatic amines is 1. The molecule has 0 aliphatic rings. The topological polar surface area (TPSA) is 113 Å². The van der Waals surface area contributed by atoms with Crippen molar-refractivity contribution in [2.45, 2.75) is 50.8 Å². The lowest BCUT2D eigenvalue weighted by Gasteiger charge is -2.08. The number of imidazole rings is 1. The number of aryl methyl sites for hydroxylation is 1. The fraction of sp³-hybridized carbons (Fsp3) is 0.360. The third-order valence-electron chi connectivity index (χ3n) is 5.41. The van der Waals surface area contributed by atoms with E-state index in [-0.39, 0.29) is 17.3 Å². The second-order valence-corrected chi connectivity index (χ2v) is 9.84. The minimum Gasteiger partial charge on any atom is -0.497 e. The highest BCUT2D eigenvalue weighted by molar-refractivity contribution is 7.89. The Morgan fingerprint density at radius 1 is 1.03 bits per heavy atom. The van der Waals surface area contributed by atoms with Crippen LogP contribution >= 0.6 is 0 Å². The maximum absolute atomic E-state index is 12.8. The first-order valence-electron chi connectivity index (χ1n) is 11.4. The van der Waals surface area contributed by atoms with Crippen LogP contribution < -0.4 is 14.8 Å². The third-order valence-corrected chi connectivity index (χ3v) is 6.88. The molecule has 0 atom stereocenters. The molecule has 0 aliphatic heterocycles. The summed E-state index contributed by atoms with van der Waals surface area (Å²) >= 11 is 0. The van der Waals surface area contributed by atoms with Gasteiger partial charge >= 0.3 is 0 Å². The maximum atomic E-state index is 12.8. The Kier molecular flexibility index (Phi) is 8.84. The van der Waals surface area contributed by atoms with E-state index in [0.29, 0.717) is 29.5 Å². The summed E-state index contributed by atoms with van der Waals surface area (Å²) in [6.07, 6.45) is 4.73. The van der Waals surface area contributed by atoms with Crippen molar-refractivity contribution in [3.8, 4) is 17.0 Å². The molecule has 0 aliphatic carbocycles. The van der Waals surface area contributed by atoms with Crippen molar-refractivity contribution in [3.63, 3.8) is 0 Å². The Balaban J connectivity index is 1.70. The number of ether oxygens (including phenoxy) is 1. The number of unbranched alkanes of at least 4 members (excludes halogenated alkanes) is 2. The first-order valence-corrected chi connectivity index (χ1v) is 12.9. The molecule has 0 unspecified atom stereocenters. The number of hydrogen-bond donors (Lipinski definition) is 3. The summed E-state index contributed by atoms with van der Waals surface area (Å²) in [6, 6.07) is 14.4. The van der Waals surface area contributed by atoms with Gasteiger partial charge in [-0.3, -0.25) is 10.1 Å². The molecular formula is C25H32N4O4S. The molecule has 34 heavy (non-hydrogen) atoms. The third kappa shape index (κ3) is 6.91. The number of benzene rings is 2. The van der Waals surface area contributed by atoms with Gasteiger partial charge in [-0.1, -0.05) is 31.9 Å². The molecule has 0 radical (unpaired) electrons. The molecule has 3 N–H and O–H groups in total. The number of amides is 1. The normalized spacial score (nSPS) is 11.4. The van der Waals surface area contributed by atoms with E-state index in [0.717, 1.165) is 36.8 Å². The molecule has 1 heterocycles. The van der Waals surface area contributed by atoms with E-state index in [1.54, 1.807) is 19.2 Å². The minimum absolute atomic E-state index is 0.172. The van der Waals surface area contributed by atoms with Gasteiger partial charge in [-0.25, -0.2) is 18.1 Å². The van der Waals surface area contributed by atoms with Gasteiger partial charge in [0.1, 0.15) is 5.75 Å². The molecule has 1 aromatic heterocycles. The molecule has 1 amide bonds. The monoisotopic (exact) mass is 484 g/mol. The lowest BCUT2D eigenvalue weighted by atomic mass is 10.1. The summed E-state index contributed by atoms with van der Waals surface area (Å²) in [4.78, 5) is 19.3. The molecule has 0 bridgehead atoms. The van der Waals surface area contributed by atoms with Crippen molar-refractivity contribution >= 4 is 21.9 Å².